The zero-order valence-electron chi connectivity index (χ0n) is 9.32. The SMILES string of the molecule is CC1N(c2ccccc2)NC(=O)C1(C)C. The molecular formula is C12H16N2O. The van der Waals surface area contributed by atoms with Crippen molar-refractivity contribution >= 4 is 11.6 Å². The number of carbonyl (C=O) groups is 1. The Kier molecular flexibility index (Phi) is 2.18. The van der Waals surface area contributed by atoms with Crippen LogP contribution in [0.5, 0.6) is 0 Å². The van der Waals surface area contributed by atoms with Crippen LogP contribution in [0.4, 0.5) is 5.69 Å². The van der Waals surface area contributed by atoms with Gasteiger partial charge in [-0.1, -0.05) is 18.2 Å². The number of nitrogens with one attached hydrogen (secondary N) is 1. The van der Waals surface area contributed by atoms with Crippen molar-refractivity contribution in [3.05, 3.63) is 30.3 Å². The van der Waals surface area contributed by atoms with Gasteiger partial charge in [0.1, 0.15) is 0 Å². The molecule has 1 saturated heterocycles. The van der Waals surface area contributed by atoms with Crippen LogP contribution < -0.4 is 10.4 Å². The van der Waals surface area contributed by atoms with Gasteiger partial charge in [0.05, 0.1) is 17.1 Å². The minimum atomic E-state index is -0.337. The van der Waals surface area contributed by atoms with Gasteiger partial charge in [-0.05, 0) is 32.9 Å². The van der Waals surface area contributed by atoms with Crippen LogP contribution in [0.15, 0.2) is 30.3 Å². The van der Waals surface area contributed by atoms with Crippen molar-refractivity contribution in [2.24, 2.45) is 5.41 Å². The highest BCUT2D eigenvalue weighted by molar-refractivity contribution is 5.88. The second kappa shape index (κ2) is 3.26. The van der Waals surface area contributed by atoms with Gasteiger partial charge < -0.3 is 0 Å². The zero-order chi connectivity index (χ0) is 11.1. The van der Waals surface area contributed by atoms with Crippen LogP contribution in [-0.2, 0) is 4.79 Å². The summed E-state index contributed by atoms with van der Waals surface area (Å²) in [6.07, 6.45) is 0. The van der Waals surface area contributed by atoms with E-state index in [0.717, 1.165) is 5.69 Å². The molecule has 1 N–H and O–H groups in total. The maximum Gasteiger partial charge on any atom is 0.246 e. The lowest BCUT2D eigenvalue weighted by Gasteiger charge is -2.27. The van der Waals surface area contributed by atoms with Crippen LogP contribution in [0.2, 0.25) is 0 Å². The number of rotatable bonds is 1. The fraction of sp³-hybridized carbons (Fsp3) is 0.417. The van der Waals surface area contributed by atoms with E-state index < -0.39 is 0 Å². The summed E-state index contributed by atoms with van der Waals surface area (Å²) in [4.78, 5) is 11.7. The first-order valence-electron chi connectivity index (χ1n) is 5.19. The molecular weight excluding hydrogens is 188 g/mol. The predicted molar refractivity (Wildman–Crippen MR) is 60.3 cm³/mol. The summed E-state index contributed by atoms with van der Waals surface area (Å²) >= 11 is 0. The van der Waals surface area contributed by atoms with Crippen LogP contribution in [0.1, 0.15) is 20.8 Å². The van der Waals surface area contributed by atoms with Crippen LogP contribution in [0.25, 0.3) is 0 Å². The molecule has 1 heterocycles. The lowest BCUT2D eigenvalue weighted by atomic mass is 9.86. The van der Waals surface area contributed by atoms with E-state index in [1.807, 2.05) is 49.2 Å². The van der Waals surface area contributed by atoms with Crippen molar-refractivity contribution in [1.29, 1.82) is 0 Å². The van der Waals surface area contributed by atoms with Crippen molar-refractivity contribution in [3.8, 4) is 0 Å². The molecule has 0 radical (unpaired) electrons. The van der Waals surface area contributed by atoms with E-state index >= 15 is 0 Å². The van der Waals surface area contributed by atoms with E-state index in [1.54, 1.807) is 0 Å². The number of hydrogen-bond acceptors (Lipinski definition) is 2. The molecule has 3 heteroatoms. The van der Waals surface area contributed by atoms with Gasteiger partial charge in [-0.2, -0.15) is 0 Å². The Morgan fingerprint density at radius 1 is 1.27 bits per heavy atom. The molecule has 3 nitrogen and oxygen atoms in total. The number of anilines is 1. The average Bonchev–Trinajstić information content (AvgIpc) is 2.44. The summed E-state index contributed by atoms with van der Waals surface area (Å²) in [5.74, 6) is 0.0823. The van der Waals surface area contributed by atoms with Gasteiger partial charge in [0, 0.05) is 0 Å². The molecule has 1 unspecified atom stereocenters. The first kappa shape index (κ1) is 10.0. The van der Waals surface area contributed by atoms with Crippen molar-refractivity contribution in [2.45, 2.75) is 26.8 Å². The van der Waals surface area contributed by atoms with Gasteiger partial charge in [-0.25, -0.2) is 0 Å². The molecule has 0 aromatic heterocycles. The third-order valence-corrected chi connectivity index (χ3v) is 3.27. The van der Waals surface area contributed by atoms with Crippen molar-refractivity contribution in [3.63, 3.8) is 0 Å². The van der Waals surface area contributed by atoms with Crippen LogP contribution >= 0.6 is 0 Å². The first-order chi connectivity index (χ1) is 7.03. The fourth-order valence-electron chi connectivity index (χ4n) is 1.74. The van der Waals surface area contributed by atoms with Crippen molar-refractivity contribution in [1.82, 2.24) is 5.43 Å². The zero-order valence-corrected chi connectivity index (χ0v) is 9.32. The highest BCUT2D eigenvalue weighted by Crippen LogP contribution is 2.33. The van der Waals surface area contributed by atoms with E-state index in [9.17, 15) is 4.79 Å². The number of amides is 1. The molecule has 15 heavy (non-hydrogen) atoms. The molecule has 2 rings (SSSR count). The lowest BCUT2D eigenvalue weighted by Crippen LogP contribution is -2.38. The van der Waals surface area contributed by atoms with E-state index in [4.69, 9.17) is 0 Å². The Balaban J connectivity index is 2.32. The Morgan fingerprint density at radius 3 is 2.33 bits per heavy atom. The monoisotopic (exact) mass is 204 g/mol. The molecule has 1 aromatic carbocycles. The highest BCUT2D eigenvalue weighted by Gasteiger charge is 2.44. The first-order valence-corrected chi connectivity index (χ1v) is 5.19. The number of hydrazine groups is 1. The Morgan fingerprint density at radius 2 is 1.87 bits per heavy atom. The molecule has 80 valence electrons. The normalized spacial score (nSPS) is 24.1. The third kappa shape index (κ3) is 1.48. The number of carbonyl (C=O) groups excluding carboxylic acids is 1. The van der Waals surface area contributed by atoms with Gasteiger partial charge in [0.15, 0.2) is 0 Å². The Bertz CT molecular complexity index is 372. The minimum absolute atomic E-state index is 0.0823. The standard InChI is InChI=1S/C12H16N2O/c1-9-12(2,3)11(15)13-14(9)10-7-5-4-6-8-10/h4-9H,1-3H3,(H,13,15). The lowest BCUT2D eigenvalue weighted by molar-refractivity contribution is -0.126. The van der Waals surface area contributed by atoms with Crippen LogP contribution in [0, 0.1) is 5.41 Å². The smallest absolute Gasteiger partial charge is 0.246 e. The van der Waals surface area contributed by atoms with E-state index in [0.29, 0.717) is 0 Å². The molecule has 1 fully saturated rings. The largest absolute Gasteiger partial charge is 0.282 e. The summed E-state index contributed by atoms with van der Waals surface area (Å²) in [5.41, 5.74) is 3.60. The summed E-state index contributed by atoms with van der Waals surface area (Å²) < 4.78 is 0. The molecule has 1 aliphatic rings. The van der Waals surface area contributed by atoms with Gasteiger partial charge in [-0.15, -0.1) is 0 Å². The average molecular weight is 204 g/mol. The summed E-state index contributed by atoms with van der Waals surface area (Å²) in [5, 5.41) is 1.93. The maximum atomic E-state index is 11.7. The summed E-state index contributed by atoms with van der Waals surface area (Å²) in [6, 6.07) is 10.1. The second-order valence-corrected chi connectivity index (χ2v) is 4.54. The molecule has 1 aromatic rings. The predicted octanol–water partition coefficient (Wildman–Crippen LogP) is 1.95. The topological polar surface area (TPSA) is 32.3 Å². The van der Waals surface area contributed by atoms with Crippen molar-refractivity contribution in [2.75, 3.05) is 5.01 Å². The van der Waals surface area contributed by atoms with Gasteiger partial charge in [0.2, 0.25) is 5.91 Å². The van der Waals surface area contributed by atoms with Crippen molar-refractivity contribution < 1.29 is 4.79 Å². The van der Waals surface area contributed by atoms with E-state index in [1.165, 1.54) is 0 Å². The maximum absolute atomic E-state index is 11.7. The van der Waals surface area contributed by atoms with Crippen LogP contribution in [-0.4, -0.2) is 11.9 Å². The molecule has 1 aliphatic heterocycles. The Labute approximate surface area is 90.1 Å². The van der Waals surface area contributed by atoms with E-state index in [2.05, 4.69) is 12.3 Å². The van der Waals surface area contributed by atoms with Gasteiger partial charge in [0.25, 0.3) is 0 Å². The number of hydrogen-bond donors (Lipinski definition) is 1. The summed E-state index contributed by atoms with van der Waals surface area (Å²) in [7, 11) is 0. The van der Waals surface area contributed by atoms with Crippen LogP contribution in [0.3, 0.4) is 0 Å². The third-order valence-electron chi connectivity index (χ3n) is 3.27. The van der Waals surface area contributed by atoms with Gasteiger partial charge in [-0.3, -0.25) is 15.2 Å². The second-order valence-electron chi connectivity index (χ2n) is 4.54. The molecule has 0 saturated carbocycles. The molecule has 0 spiro atoms. The number of para-hydroxylation sites is 1. The molecule has 0 bridgehead atoms. The van der Waals surface area contributed by atoms with E-state index in [-0.39, 0.29) is 17.4 Å². The fourth-order valence-corrected chi connectivity index (χ4v) is 1.74. The quantitative estimate of drug-likeness (QED) is 0.758. The minimum Gasteiger partial charge on any atom is -0.282 e. The molecule has 1 amide bonds. The number of nitrogens with zero attached hydrogens (tertiary/aromatic N) is 1. The van der Waals surface area contributed by atoms with Gasteiger partial charge >= 0.3 is 0 Å². The highest BCUT2D eigenvalue weighted by atomic mass is 16.2. The Hall–Kier alpha value is -1.51. The number of benzene rings is 1. The summed E-state index contributed by atoms with van der Waals surface area (Å²) in [6.45, 7) is 6.00. The molecule has 1 atom stereocenters. The molecule has 0 aliphatic carbocycles.